The summed E-state index contributed by atoms with van der Waals surface area (Å²) < 4.78 is 0. The largest absolute Gasteiger partial charge is 0.356 e. The van der Waals surface area contributed by atoms with Crippen molar-refractivity contribution in [1.82, 2.24) is 5.32 Å². The van der Waals surface area contributed by atoms with Gasteiger partial charge in [0.05, 0.1) is 6.04 Å². The van der Waals surface area contributed by atoms with Crippen molar-refractivity contribution in [3.8, 4) is 0 Å². The Balaban J connectivity index is 2.02. The van der Waals surface area contributed by atoms with Gasteiger partial charge >= 0.3 is 0 Å². The topological polar surface area (TPSA) is 24.1 Å². The lowest BCUT2D eigenvalue weighted by atomic mass is 9.97. The van der Waals surface area contributed by atoms with Crippen LogP contribution in [-0.2, 0) is 6.42 Å². The Morgan fingerprint density at radius 1 is 1.00 bits per heavy atom. The Labute approximate surface area is 145 Å². The van der Waals surface area contributed by atoms with E-state index in [-0.39, 0.29) is 6.04 Å². The molecule has 0 bridgehead atoms. The van der Waals surface area contributed by atoms with E-state index in [0.29, 0.717) is 11.0 Å². The summed E-state index contributed by atoms with van der Waals surface area (Å²) in [5.41, 5.74) is 3.62. The van der Waals surface area contributed by atoms with Gasteiger partial charge in [-0.2, -0.15) is 0 Å². The number of nitrogens with one attached hydrogen (secondary N) is 2. The first-order chi connectivity index (χ1) is 11.1. The quantitative estimate of drug-likeness (QED) is 0.702. The van der Waals surface area contributed by atoms with Gasteiger partial charge in [0.15, 0.2) is 5.11 Å². The Morgan fingerprint density at radius 2 is 1.65 bits per heavy atom. The van der Waals surface area contributed by atoms with Crippen molar-refractivity contribution in [2.24, 2.45) is 5.92 Å². The van der Waals surface area contributed by atoms with Crippen molar-refractivity contribution in [1.29, 1.82) is 0 Å². The zero-order valence-corrected chi connectivity index (χ0v) is 15.0. The van der Waals surface area contributed by atoms with E-state index in [4.69, 9.17) is 12.2 Å². The van der Waals surface area contributed by atoms with Crippen LogP contribution in [0.15, 0.2) is 54.6 Å². The maximum absolute atomic E-state index is 5.50. The van der Waals surface area contributed by atoms with Crippen molar-refractivity contribution in [3.05, 3.63) is 65.7 Å². The highest BCUT2D eigenvalue weighted by Gasteiger charge is 2.14. The van der Waals surface area contributed by atoms with Gasteiger partial charge in [-0.15, -0.1) is 0 Å². The standard InChI is InChI=1S/C20H26N2S/c1-4-16-10-12-18(13-11-16)21-20(23)22-19(14-15(2)3)17-8-6-5-7-9-17/h5-13,15,19H,4,14H2,1-3H3,(H2,21,22,23)/t19-/m1/s1. The van der Waals surface area contributed by atoms with Crippen molar-refractivity contribution < 1.29 is 0 Å². The van der Waals surface area contributed by atoms with Crippen LogP contribution in [0.25, 0.3) is 0 Å². The van der Waals surface area contributed by atoms with Crippen LogP contribution in [0, 0.1) is 5.92 Å². The van der Waals surface area contributed by atoms with Gasteiger partial charge in [0.1, 0.15) is 0 Å². The number of rotatable bonds is 6. The van der Waals surface area contributed by atoms with Gasteiger partial charge in [-0.3, -0.25) is 0 Å². The second-order valence-electron chi connectivity index (χ2n) is 6.24. The second-order valence-corrected chi connectivity index (χ2v) is 6.65. The molecule has 2 aromatic carbocycles. The first kappa shape index (κ1) is 17.5. The molecule has 0 spiro atoms. The number of aryl methyl sites for hydroxylation is 1. The molecule has 0 aliphatic rings. The van der Waals surface area contributed by atoms with E-state index in [9.17, 15) is 0 Å². The highest BCUT2D eigenvalue weighted by molar-refractivity contribution is 7.80. The minimum atomic E-state index is 0.228. The highest BCUT2D eigenvalue weighted by atomic mass is 32.1. The number of hydrogen-bond donors (Lipinski definition) is 2. The molecule has 2 rings (SSSR count). The fourth-order valence-corrected chi connectivity index (χ4v) is 2.84. The molecule has 3 heteroatoms. The molecular weight excluding hydrogens is 300 g/mol. The molecule has 2 N–H and O–H groups in total. The Morgan fingerprint density at radius 3 is 2.22 bits per heavy atom. The second kappa shape index (κ2) is 8.68. The van der Waals surface area contributed by atoms with Crippen molar-refractivity contribution in [2.45, 2.75) is 39.7 Å². The molecule has 0 aromatic heterocycles. The van der Waals surface area contributed by atoms with Gasteiger partial charge in [-0.05, 0) is 54.2 Å². The van der Waals surface area contributed by atoms with Crippen molar-refractivity contribution >= 4 is 23.0 Å². The third kappa shape index (κ3) is 5.68. The molecule has 1 atom stereocenters. The first-order valence-corrected chi connectivity index (χ1v) is 8.70. The lowest BCUT2D eigenvalue weighted by Gasteiger charge is -2.23. The molecule has 0 saturated heterocycles. The number of hydrogen-bond acceptors (Lipinski definition) is 1. The Bertz CT molecular complexity index is 605. The predicted molar refractivity (Wildman–Crippen MR) is 104 cm³/mol. The maximum Gasteiger partial charge on any atom is 0.171 e. The average molecular weight is 327 g/mol. The minimum Gasteiger partial charge on any atom is -0.356 e. The van der Waals surface area contributed by atoms with Crippen molar-refractivity contribution in [3.63, 3.8) is 0 Å². The van der Waals surface area contributed by atoms with Crippen LogP contribution in [0.5, 0.6) is 0 Å². The van der Waals surface area contributed by atoms with Crippen LogP contribution >= 0.6 is 12.2 Å². The fraction of sp³-hybridized carbons (Fsp3) is 0.350. The first-order valence-electron chi connectivity index (χ1n) is 8.30. The average Bonchev–Trinajstić information content (AvgIpc) is 2.55. The lowest BCUT2D eigenvalue weighted by molar-refractivity contribution is 0.481. The summed E-state index contributed by atoms with van der Waals surface area (Å²) in [5, 5.41) is 7.42. The summed E-state index contributed by atoms with van der Waals surface area (Å²) >= 11 is 5.50. The molecule has 122 valence electrons. The third-order valence-corrected chi connectivity index (χ3v) is 4.05. The third-order valence-electron chi connectivity index (χ3n) is 3.83. The number of benzene rings is 2. The van der Waals surface area contributed by atoms with E-state index < -0.39 is 0 Å². The van der Waals surface area contributed by atoms with Gasteiger partial charge in [-0.1, -0.05) is 63.2 Å². The highest BCUT2D eigenvalue weighted by Crippen LogP contribution is 2.21. The molecule has 0 heterocycles. The molecule has 0 unspecified atom stereocenters. The van der Waals surface area contributed by atoms with Gasteiger partial charge in [0.2, 0.25) is 0 Å². The molecule has 0 amide bonds. The summed E-state index contributed by atoms with van der Waals surface area (Å²) in [6.07, 6.45) is 2.09. The summed E-state index contributed by atoms with van der Waals surface area (Å²) in [6, 6.07) is 19.1. The summed E-state index contributed by atoms with van der Waals surface area (Å²) in [5.74, 6) is 0.597. The molecule has 23 heavy (non-hydrogen) atoms. The summed E-state index contributed by atoms with van der Waals surface area (Å²) in [7, 11) is 0. The normalized spacial score (nSPS) is 12.0. The van der Waals surface area contributed by atoms with Crippen LogP contribution in [0.4, 0.5) is 5.69 Å². The monoisotopic (exact) mass is 326 g/mol. The SMILES string of the molecule is CCc1ccc(NC(=S)N[C@H](CC(C)C)c2ccccc2)cc1. The van der Waals surface area contributed by atoms with Gasteiger partial charge in [-0.25, -0.2) is 0 Å². The van der Waals surface area contributed by atoms with Crippen LogP contribution in [0.1, 0.15) is 44.4 Å². The van der Waals surface area contributed by atoms with Crippen LogP contribution < -0.4 is 10.6 Å². The van der Waals surface area contributed by atoms with E-state index in [0.717, 1.165) is 18.5 Å². The van der Waals surface area contributed by atoms with E-state index in [1.54, 1.807) is 0 Å². The molecule has 2 nitrogen and oxygen atoms in total. The summed E-state index contributed by atoms with van der Waals surface area (Å²) in [4.78, 5) is 0. The molecule has 0 fully saturated rings. The predicted octanol–water partition coefficient (Wildman–Crippen LogP) is 5.32. The molecule has 0 aliphatic heterocycles. The Hall–Kier alpha value is -1.87. The van der Waals surface area contributed by atoms with Crippen molar-refractivity contribution in [2.75, 3.05) is 5.32 Å². The minimum absolute atomic E-state index is 0.228. The van der Waals surface area contributed by atoms with Gasteiger partial charge in [0, 0.05) is 5.69 Å². The maximum atomic E-state index is 5.50. The molecule has 2 aromatic rings. The van der Waals surface area contributed by atoms with E-state index in [1.165, 1.54) is 11.1 Å². The van der Waals surface area contributed by atoms with E-state index in [2.05, 4.69) is 79.9 Å². The smallest absolute Gasteiger partial charge is 0.171 e. The molecule has 0 aliphatic carbocycles. The molecule has 0 radical (unpaired) electrons. The zero-order valence-electron chi connectivity index (χ0n) is 14.2. The van der Waals surface area contributed by atoms with Crippen LogP contribution in [0.2, 0.25) is 0 Å². The number of thiocarbonyl (C=S) groups is 1. The zero-order chi connectivity index (χ0) is 16.7. The lowest BCUT2D eigenvalue weighted by Crippen LogP contribution is -2.33. The Kier molecular flexibility index (Phi) is 6.60. The molecule has 0 saturated carbocycles. The van der Waals surface area contributed by atoms with Crippen LogP contribution in [-0.4, -0.2) is 5.11 Å². The number of anilines is 1. The molecular formula is C20H26N2S. The fourth-order valence-electron chi connectivity index (χ4n) is 2.58. The van der Waals surface area contributed by atoms with Crippen LogP contribution in [0.3, 0.4) is 0 Å². The summed E-state index contributed by atoms with van der Waals surface area (Å²) in [6.45, 7) is 6.63. The van der Waals surface area contributed by atoms with E-state index in [1.807, 2.05) is 6.07 Å². The van der Waals surface area contributed by atoms with Gasteiger partial charge in [0.25, 0.3) is 0 Å². The van der Waals surface area contributed by atoms with E-state index >= 15 is 0 Å². The van der Waals surface area contributed by atoms with Gasteiger partial charge < -0.3 is 10.6 Å².